The summed E-state index contributed by atoms with van der Waals surface area (Å²) in [7, 11) is 1.62. The molecule has 0 fully saturated rings. The van der Waals surface area contributed by atoms with Crippen LogP contribution in [0, 0.1) is 10.1 Å². The molecule has 1 unspecified atom stereocenters. The van der Waals surface area contributed by atoms with Gasteiger partial charge in [0, 0.05) is 29.3 Å². The molecule has 142 valence electrons. The first-order valence-electron chi connectivity index (χ1n) is 8.46. The number of nitro groups is 1. The number of rotatable bonds is 3. The lowest BCUT2D eigenvalue weighted by molar-refractivity contribution is -0.384. The Bertz CT molecular complexity index is 1020. The third kappa shape index (κ3) is 2.93. The van der Waals surface area contributed by atoms with Gasteiger partial charge in [0.15, 0.2) is 0 Å². The lowest BCUT2D eigenvalue weighted by atomic mass is 9.96. The molecule has 0 saturated heterocycles. The van der Waals surface area contributed by atoms with Crippen LogP contribution >= 0.6 is 15.9 Å². The Morgan fingerprint density at radius 3 is 2.36 bits per heavy atom. The van der Waals surface area contributed by atoms with Crippen LogP contribution in [0.2, 0.25) is 0 Å². The number of urea groups is 1. The molecule has 28 heavy (non-hydrogen) atoms. The number of non-ortho nitro benzene ring substituents is 1. The van der Waals surface area contributed by atoms with E-state index >= 15 is 0 Å². The molecule has 0 aliphatic carbocycles. The molecule has 2 heterocycles. The monoisotopic (exact) mass is 442 g/mol. The van der Waals surface area contributed by atoms with Gasteiger partial charge in [-0.25, -0.2) is 4.79 Å². The fourth-order valence-electron chi connectivity index (χ4n) is 3.44. The van der Waals surface area contributed by atoms with Gasteiger partial charge >= 0.3 is 6.03 Å². The van der Waals surface area contributed by atoms with Crippen molar-refractivity contribution in [2.45, 2.75) is 6.04 Å². The first-order chi connectivity index (χ1) is 13.4. The number of nitro benzene ring substituents is 1. The highest BCUT2D eigenvalue weighted by Gasteiger charge is 2.43. The van der Waals surface area contributed by atoms with E-state index in [1.54, 1.807) is 19.2 Å². The van der Waals surface area contributed by atoms with E-state index in [2.05, 4.69) is 21.2 Å². The van der Waals surface area contributed by atoms with E-state index in [1.165, 1.54) is 21.9 Å². The van der Waals surface area contributed by atoms with Gasteiger partial charge in [0.05, 0.1) is 28.8 Å². The second-order valence-corrected chi connectivity index (χ2v) is 7.43. The number of halogens is 1. The fourth-order valence-corrected chi connectivity index (χ4v) is 3.70. The highest BCUT2D eigenvalue weighted by atomic mass is 79.9. The van der Waals surface area contributed by atoms with Gasteiger partial charge < -0.3 is 10.2 Å². The predicted octanol–water partition coefficient (Wildman–Crippen LogP) is 3.35. The average Bonchev–Trinajstić information content (AvgIpc) is 3.03. The molecule has 0 aromatic heterocycles. The summed E-state index contributed by atoms with van der Waals surface area (Å²) in [6.07, 6.45) is 0. The predicted molar refractivity (Wildman–Crippen MR) is 106 cm³/mol. The van der Waals surface area contributed by atoms with E-state index in [4.69, 9.17) is 0 Å². The normalized spacial score (nSPS) is 19.0. The fraction of sp³-hybridized carbons (Fsp3) is 0.158. The van der Waals surface area contributed by atoms with Crippen molar-refractivity contribution in [3.63, 3.8) is 0 Å². The van der Waals surface area contributed by atoms with Crippen molar-refractivity contribution in [3.8, 4) is 0 Å². The van der Waals surface area contributed by atoms with Gasteiger partial charge in [-0.2, -0.15) is 0 Å². The summed E-state index contributed by atoms with van der Waals surface area (Å²) in [5.41, 5.74) is 2.43. The molecule has 0 bridgehead atoms. The van der Waals surface area contributed by atoms with E-state index in [-0.39, 0.29) is 24.2 Å². The molecule has 0 saturated carbocycles. The van der Waals surface area contributed by atoms with Crippen molar-refractivity contribution in [2.24, 2.45) is 0 Å². The molecule has 4 rings (SSSR count). The van der Waals surface area contributed by atoms with Crippen LogP contribution in [0.5, 0.6) is 0 Å². The van der Waals surface area contributed by atoms with Gasteiger partial charge in [0.1, 0.15) is 0 Å². The summed E-state index contributed by atoms with van der Waals surface area (Å²) in [4.78, 5) is 39.0. The minimum atomic E-state index is -0.553. The van der Waals surface area contributed by atoms with Crippen LogP contribution < -0.4 is 10.2 Å². The van der Waals surface area contributed by atoms with Crippen molar-refractivity contribution in [3.05, 3.63) is 80.0 Å². The molecule has 3 amide bonds. The summed E-state index contributed by atoms with van der Waals surface area (Å²) in [6.45, 7) is 0.225. The average molecular weight is 443 g/mol. The first kappa shape index (κ1) is 18.2. The number of likely N-dealkylation sites (N-methyl/N-ethyl adjacent to an activating group) is 1. The summed E-state index contributed by atoms with van der Waals surface area (Å²) >= 11 is 3.38. The zero-order valence-electron chi connectivity index (χ0n) is 14.8. The molecule has 8 nitrogen and oxygen atoms in total. The van der Waals surface area contributed by atoms with Crippen molar-refractivity contribution in [2.75, 3.05) is 18.5 Å². The third-order valence-corrected chi connectivity index (χ3v) is 5.46. The Balaban J connectivity index is 1.71. The molecule has 1 N–H and O–H groups in total. The van der Waals surface area contributed by atoms with E-state index in [1.807, 2.05) is 24.3 Å². The minimum absolute atomic E-state index is 0.0465. The Morgan fingerprint density at radius 1 is 1.11 bits per heavy atom. The Labute approximate surface area is 168 Å². The van der Waals surface area contributed by atoms with Crippen molar-refractivity contribution in [1.29, 1.82) is 0 Å². The Kier molecular flexibility index (Phi) is 4.38. The standard InChI is InChI=1S/C19H15BrN4O4/c1-22-15-10-23(13-6-8-14(9-7-13)24(27)28)18(25)16(15)17(21-19(22)26)11-2-4-12(20)5-3-11/h2-9,17H,10H2,1H3,(H,21,26). The number of hydrogen-bond donors (Lipinski definition) is 1. The minimum Gasteiger partial charge on any atom is -0.327 e. The summed E-state index contributed by atoms with van der Waals surface area (Å²) in [6, 6.07) is 12.4. The smallest absolute Gasteiger partial charge is 0.322 e. The maximum Gasteiger partial charge on any atom is 0.322 e. The lowest BCUT2D eigenvalue weighted by Gasteiger charge is -2.31. The van der Waals surface area contributed by atoms with E-state index in [0.29, 0.717) is 17.0 Å². The van der Waals surface area contributed by atoms with Crippen molar-refractivity contribution >= 4 is 39.2 Å². The van der Waals surface area contributed by atoms with Gasteiger partial charge in [-0.05, 0) is 29.8 Å². The molecular weight excluding hydrogens is 428 g/mol. The van der Waals surface area contributed by atoms with Crippen molar-refractivity contribution in [1.82, 2.24) is 10.2 Å². The molecule has 0 spiro atoms. The molecule has 2 aromatic rings. The van der Waals surface area contributed by atoms with Crippen LogP contribution in [0.15, 0.2) is 64.3 Å². The number of nitrogens with one attached hydrogen (secondary N) is 1. The van der Waals surface area contributed by atoms with Crippen LogP contribution in [0.25, 0.3) is 0 Å². The molecule has 1 atom stereocenters. The van der Waals surface area contributed by atoms with Crippen LogP contribution in [-0.2, 0) is 4.79 Å². The quantitative estimate of drug-likeness (QED) is 0.582. The van der Waals surface area contributed by atoms with Crippen LogP contribution in [-0.4, -0.2) is 35.4 Å². The lowest BCUT2D eigenvalue weighted by Crippen LogP contribution is -2.45. The van der Waals surface area contributed by atoms with Gasteiger partial charge in [-0.3, -0.25) is 19.8 Å². The van der Waals surface area contributed by atoms with Crippen molar-refractivity contribution < 1.29 is 14.5 Å². The molecule has 2 aliphatic heterocycles. The Hall–Kier alpha value is -3.20. The van der Waals surface area contributed by atoms with Crippen LogP contribution in [0.3, 0.4) is 0 Å². The van der Waals surface area contributed by atoms with Crippen LogP contribution in [0.4, 0.5) is 16.2 Å². The number of amides is 3. The molecule has 0 radical (unpaired) electrons. The number of nitrogens with zero attached hydrogens (tertiary/aromatic N) is 3. The summed E-state index contributed by atoms with van der Waals surface area (Å²) in [5, 5.41) is 13.7. The molecule has 9 heteroatoms. The number of carbonyl (C=O) groups is 2. The zero-order valence-corrected chi connectivity index (χ0v) is 16.3. The third-order valence-electron chi connectivity index (χ3n) is 4.94. The molecule has 2 aliphatic rings. The molecular formula is C19H15BrN4O4. The highest BCUT2D eigenvalue weighted by Crippen LogP contribution is 2.38. The SMILES string of the molecule is CN1C(=O)NC(c2ccc(Br)cc2)C2=C1CN(c1ccc([N+](=O)[O-])cc1)C2=O. The summed E-state index contributed by atoms with van der Waals surface area (Å²) in [5.74, 6) is -0.233. The highest BCUT2D eigenvalue weighted by molar-refractivity contribution is 9.10. The second-order valence-electron chi connectivity index (χ2n) is 6.52. The first-order valence-corrected chi connectivity index (χ1v) is 9.25. The van der Waals surface area contributed by atoms with Gasteiger partial charge in [0.25, 0.3) is 11.6 Å². The maximum atomic E-state index is 13.2. The second kappa shape index (κ2) is 6.75. The molecule has 2 aromatic carbocycles. The largest absolute Gasteiger partial charge is 0.327 e. The van der Waals surface area contributed by atoms with E-state index in [9.17, 15) is 19.7 Å². The topological polar surface area (TPSA) is 95.8 Å². The van der Waals surface area contributed by atoms with Gasteiger partial charge in [-0.1, -0.05) is 28.1 Å². The maximum absolute atomic E-state index is 13.2. The van der Waals surface area contributed by atoms with Crippen LogP contribution in [0.1, 0.15) is 11.6 Å². The number of benzene rings is 2. The summed E-state index contributed by atoms with van der Waals surface area (Å²) < 4.78 is 0.898. The number of carbonyl (C=O) groups excluding carboxylic acids is 2. The van der Waals surface area contributed by atoms with E-state index < -0.39 is 11.0 Å². The Morgan fingerprint density at radius 2 is 1.75 bits per heavy atom. The zero-order chi connectivity index (χ0) is 20.0. The van der Waals surface area contributed by atoms with E-state index in [0.717, 1.165) is 10.0 Å². The van der Waals surface area contributed by atoms with Gasteiger partial charge in [0.2, 0.25) is 0 Å². The van der Waals surface area contributed by atoms with Gasteiger partial charge in [-0.15, -0.1) is 0 Å². The number of anilines is 1. The number of hydrogen-bond acceptors (Lipinski definition) is 4.